The summed E-state index contributed by atoms with van der Waals surface area (Å²) >= 11 is 0. The number of esters is 1. The number of hydrogen-bond donors (Lipinski definition) is 2. The van der Waals surface area contributed by atoms with Crippen LogP contribution in [0.2, 0.25) is 0 Å². The Kier molecular flexibility index (Phi) is 6.84. The number of nitrogens with one attached hydrogen (secondary N) is 2. The smallest absolute Gasteiger partial charge is 0.302 e. The van der Waals surface area contributed by atoms with Gasteiger partial charge in [-0.3, -0.25) is 19.4 Å². The Bertz CT molecular complexity index is 925. The molecule has 7 heteroatoms. The van der Waals surface area contributed by atoms with Gasteiger partial charge in [-0.25, -0.2) is 0 Å². The molecule has 2 aliphatic heterocycles. The number of para-hydroxylation sites is 2. The summed E-state index contributed by atoms with van der Waals surface area (Å²) in [5.41, 5.74) is 4.45. The summed E-state index contributed by atoms with van der Waals surface area (Å²) < 4.78 is 5.02. The van der Waals surface area contributed by atoms with E-state index in [1.165, 1.54) is 12.5 Å². The van der Waals surface area contributed by atoms with E-state index in [4.69, 9.17) is 4.74 Å². The van der Waals surface area contributed by atoms with Gasteiger partial charge in [0.25, 0.3) is 0 Å². The molecule has 2 heterocycles. The lowest BCUT2D eigenvalue weighted by molar-refractivity contribution is -0.141. The predicted octanol–water partition coefficient (Wildman–Crippen LogP) is 2.32. The summed E-state index contributed by atoms with van der Waals surface area (Å²) in [4.78, 5) is 28.2. The first-order valence-corrected chi connectivity index (χ1v) is 10.9. The Balaban J connectivity index is 1.33. The molecule has 0 spiro atoms. The molecule has 0 radical (unpaired) electrons. The van der Waals surface area contributed by atoms with E-state index in [9.17, 15) is 9.59 Å². The number of ether oxygens (including phenoxy) is 1. The van der Waals surface area contributed by atoms with Crippen molar-refractivity contribution in [2.24, 2.45) is 0 Å². The molecule has 2 aromatic carbocycles. The largest absolute Gasteiger partial charge is 0.465 e. The third kappa shape index (κ3) is 5.62. The van der Waals surface area contributed by atoms with Crippen LogP contribution in [0, 0.1) is 0 Å². The first-order chi connectivity index (χ1) is 15.1. The van der Waals surface area contributed by atoms with Crippen LogP contribution in [0.25, 0.3) is 0 Å². The van der Waals surface area contributed by atoms with Crippen LogP contribution in [0.4, 0.5) is 11.4 Å². The van der Waals surface area contributed by atoms with Crippen molar-refractivity contribution in [1.82, 2.24) is 15.1 Å². The molecule has 1 unspecified atom stereocenters. The fraction of sp³-hybridized carbons (Fsp3) is 0.417. The average Bonchev–Trinajstić information content (AvgIpc) is 2.91. The quantitative estimate of drug-likeness (QED) is 0.696. The molecule has 1 saturated heterocycles. The van der Waals surface area contributed by atoms with Crippen LogP contribution in [-0.4, -0.2) is 67.6 Å². The highest BCUT2D eigenvalue weighted by Gasteiger charge is 2.25. The van der Waals surface area contributed by atoms with Crippen LogP contribution in [0.5, 0.6) is 0 Å². The number of anilines is 2. The van der Waals surface area contributed by atoms with Gasteiger partial charge in [-0.1, -0.05) is 36.4 Å². The fourth-order valence-electron chi connectivity index (χ4n) is 4.27. The summed E-state index contributed by atoms with van der Waals surface area (Å²) in [6.45, 7) is 6.40. The highest BCUT2D eigenvalue weighted by atomic mass is 16.5. The molecule has 2 aromatic rings. The van der Waals surface area contributed by atoms with Gasteiger partial charge in [0.2, 0.25) is 5.91 Å². The highest BCUT2D eigenvalue weighted by Crippen LogP contribution is 2.34. The Morgan fingerprint density at radius 2 is 1.68 bits per heavy atom. The fourth-order valence-corrected chi connectivity index (χ4v) is 4.27. The number of nitrogens with zero attached hydrogens (tertiary/aromatic N) is 2. The van der Waals surface area contributed by atoms with Gasteiger partial charge < -0.3 is 15.4 Å². The van der Waals surface area contributed by atoms with E-state index in [1.807, 2.05) is 24.3 Å². The highest BCUT2D eigenvalue weighted by molar-refractivity contribution is 5.79. The lowest BCUT2D eigenvalue weighted by Gasteiger charge is -2.34. The third-order valence-corrected chi connectivity index (χ3v) is 5.93. The maximum atomic E-state index is 12.9. The number of fused-ring (bicyclic) bond motifs is 2. The molecular formula is C24H30N4O3. The molecule has 0 aliphatic carbocycles. The van der Waals surface area contributed by atoms with E-state index in [1.54, 1.807) is 0 Å². The molecule has 0 bridgehead atoms. The molecule has 164 valence electrons. The molecule has 2 N–H and O–H groups in total. The first kappa shape index (κ1) is 21.3. The summed E-state index contributed by atoms with van der Waals surface area (Å²) in [5, 5.41) is 6.79. The number of carbonyl (C=O) groups excluding carboxylic acids is 2. The van der Waals surface area contributed by atoms with Gasteiger partial charge >= 0.3 is 5.97 Å². The van der Waals surface area contributed by atoms with Crippen molar-refractivity contribution in [2.75, 3.05) is 51.2 Å². The summed E-state index contributed by atoms with van der Waals surface area (Å²) in [6.07, 6.45) is 0.760. The van der Waals surface area contributed by atoms with Gasteiger partial charge in [-0.2, -0.15) is 0 Å². The Labute approximate surface area is 183 Å². The van der Waals surface area contributed by atoms with Gasteiger partial charge in [0.15, 0.2) is 0 Å². The lowest BCUT2D eigenvalue weighted by atomic mass is 9.99. The normalized spacial score (nSPS) is 18.8. The number of hydrogen-bond acceptors (Lipinski definition) is 6. The summed E-state index contributed by atoms with van der Waals surface area (Å²) in [6, 6.07) is 16.4. The van der Waals surface area contributed by atoms with E-state index in [0.29, 0.717) is 13.2 Å². The van der Waals surface area contributed by atoms with E-state index in [0.717, 1.165) is 56.1 Å². The molecule has 1 fully saturated rings. The van der Waals surface area contributed by atoms with Crippen molar-refractivity contribution in [1.29, 1.82) is 0 Å². The van der Waals surface area contributed by atoms with Crippen LogP contribution >= 0.6 is 0 Å². The minimum absolute atomic E-state index is 0.0487. The molecular weight excluding hydrogens is 392 g/mol. The summed E-state index contributed by atoms with van der Waals surface area (Å²) in [5.74, 6) is -0.194. The van der Waals surface area contributed by atoms with Gasteiger partial charge in [0.1, 0.15) is 6.61 Å². The molecule has 1 atom stereocenters. The third-order valence-electron chi connectivity index (χ3n) is 5.93. The zero-order valence-corrected chi connectivity index (χ0v) is 18.0. The van der Waals surface area contributed by atoms with Crippen LogP contribution in [0.3, 0.4) is 0 Å². The number of carbonyl (C=O) groups is 2. The standard InChI is InChI=1S/C24H30N4O3/c1-18(29)31-15-14-27-10-12-28(13-11-27)17-24(30)26-23-16-19-6-2-4-8-21(19)25-22-9-5-3-7-20(22)23/h2-9,23,25H,10-17H2,1H3,(H,26,30). The molecule has 0 aromatic heterocycles. The SMILES string of the molecule is CC(=O)OCCN1CCN(CC(=O)NC2Cc3ccccc3Nc3ccccc32)CC1. The maximum Gasteiger partial charge on any atom is 0.302 e. The van der Waals surface area contributed by atoms with Gasteiger partial charge in [-0.15, -0.1) is 0 Å². The van der Waals surface area contributed by atoms with Crippen molar-refractivity contribution in [2.45, 2.75) is 19.4 Å². The molecule has 7 nitrogen and oxygen atoms in total. The Morgan fingerprint density at radius 1 is 1.00 bits per heavy atom. The van der Waals surface area contributed by atoms with E-state index in [2.05, 4.69) is 44.7 Å². The molecule has 1 amide bonds. The molecule has 2 aliphatic rings. The van der Waals surface area contributed by atoms with E-state index < -0.39 is 0 Å². The molecule has 4 rings (SSSR count). The van der Waals surface area contributed by atoms with E-state index in [-0.39, 0.29) is 17.9 Å². The second kappa shape index (κ2) is 9.94. The Hall–Kier alpha value is -2.90. The zero-order valence-electron chi connectivity index (χ0n) is 18.0. The number of piperazine rings is 1. The first-order valence-electron chi connectivity index (χ1n) is 10.9. The van der Waals surface area contributed by atoms with Crippen molar-refractivity contribution < 1.29 is 14.3 Å². The molecule has 31 heavy (non-hydrogen) atoms. The van der Waals surface area contributed by atoms with Crippen molar-refractivity contribution in [3.63, 3.8) is 0 Å². The van der Waals surface area contributed by atoms with Crippen LogP contribution in [0.15, 0.2) is 48.5 Å². The average molecular weight is 423 g/mol. The van der Waals surface area contributed by atoms with Gasteiger partial charge in [0, 0.05) is 51.0 Å². The predicted molar refractivity (Wildman–Crippen MR) is 120 cm³/mol. The van der Waals surface area contributed by atoms with Crippen LogP contribution in [-0.2, 0) is 20.7 Å². The van der Waals surface area contributed by atoms with E-state index >= 15 is 0 Å². The Morgan fingerprint density at radius 3 is 2.45 bits per heavy atom. The molecule has 0 saturated carbocycles. The second-order valence-electron chi connectivity index (χ2n) is 8.15. The second-order valence-corrected chi connectivity index (χ2v) is 8.15. The van der Waals surface area contributed by atoms with Crippen molar-refractivity contribution >= 4 is 23.3 Å². The number of benzene rings is 2. The minimum Gasteiger partial charge on any atom is -0.465 e. The zero-order chi connectivity index (χ0) is 21.6. The van der Waals surface area contributed by atoms with Gasteiger partial charge in [0.05, 0.1) is 12.6 Å². The minimum atomic E-state index is -0.242. The topological polar surface area (TPSA) is 73.9 Å². The van der Waals surface area contributed by atoms with Crippen LogP contribution < -0.4 is 10.6 Å². The lowest BCUT2D eigenvalue weighted by Crippen LogP contribution is -2.50. The maximum absolute atomic E-state index is 12.9. The van der Waals surface area contributed by atoms with Gasteiger partial charge in [-0.05, 0) is 29.7 Å². The van der Waals surface area contributed by atoms with Crippen molar-refractivity contribution in [3.05, 3.63) is 59.7 Å². The number of amides is 1. The number of rotatable bonds is 6. The summed E-state index contributed by atoms with van der Waals surface area (Å²) in [7, 11) is 0. The van der Waals surface area contributed by atoms with Crippen LogP contribution in [0.1, 0.15) is 24.1 Å². The van der Waals surface area contributed by atoms with Crippen molar-refractivity contribution in [3.8, 4) is 0 Å². The monoisotopic (exact) mass is 422 g/mol.